The first-order chi connectivity index (χ1) is 11.5. The second kappa shape index (κ2) is 5.51. The van der Waals surface area contributed by atoms with Gasteiger partial charge in [-0.15, -0.1) is 0 Å². The zero-order valence-electron chi connectivity index (χ0n) is 14.1. The molecule has 1 aliphatic rings. The number of nitrogens with one attached hydrogen (secondary N) is 1. The van der Waals surface area contributed by atoms with Crippen LogP contribution in [0, 0.1) is 0 Å². The minimum Gasteiger partial charge on any atom is -0.346 e. The lowest BCUT2D eigenvalue weighted by atomic mass is 10.0. The summed E-state index contributed by atoms with van der Waals surface area (Å²) in [5, 5.41) is 2.86. The van der Waals surface area contributed by atoms with Gasteiger partial charge in [-0.05, 0) is 19.4 Å². The summed E-state index contributed by atoms with van der Waals surface area (Å²) in [6.07, 6.45) is 1.60. The van der Waals surface area contributed by atoms with Crippen molar-refractivity contribution < 1.29 is 13.2 Å². The largest absolute Gasteiger partial charge is 0.346 e. The number of aromatic nitrogens is 3. The van der Waals surface area contributed by atoms with E-state index < -0.39 is 32.5 Å². The fourth-order valence-electron chi connectivity index (χ4n) is 3.04. The van der Waals surface area contributed by atoms with E-state index in [0.29, 0.717) is 6.42 Å². The van der Waals surface area contributed by atoms with Gasteiger partial charge in [-0.25, -0.2) is 18.2 Å². The first-order valence-electron chi connectivity index (χ1n) is 7.62. The van der Waals surface area contributed by atoms with Crippen LogP contribution < -0.4 is 16.6 Å². The number of carbonyl (C=O) groups excluding carboxylic acids is 1. The van der Waals surface area contributed by atoms with E-state index in [0.717, 1.165) is 4.57 Å². The number of nitrogens with zero attached hydrogens (tertiary/aromatic N) is 3. The Morgan fingerprint density at radius 3 is 2.56 bits per heavy atom. The van der Waals surface area contributed by atoms with Crippen LogP contribution in [-0.2, 0) is 23.9 Å². The van der Waals surface area contributed by atoms with Crippen LogP contribution in [0.1, 0.15) is 23.7 Å². The lowest BCUT2D eigenvalue weighted by Gasteiger charge is -2.23. The molecule has 2 aromatic heterocycles. The molecule has 25 heavy (non-hydrogen) atoms. The SMILES string of the molecule is Cn1c(=O)c2cc(C(=O)N[C@]3(C)CCS(=O)(=O)C3)cnc2n(C)c1=O. The molecule has 134 valence electrons. The van der Waals surface area contributed by atoms with Gasteiger partial charge in [-0.1, -0.05) is 0 Å². The highest BCUT2D eigenvalue weighted by atomic mass is 32.2. The summed E-state index contributed by atoms with van der Waals surface area (Å²) in [4.78, 5) is 40.7. The van der Waals surface area contributed by atoms with E-state index >= 15 is 0 Å². The van der Waals surface area contributed by atoms with Crippen LogP contribution in [0.5, 0.6) is 0 Å². The van der Waals surface area contributed by atoms with Crippen molar-refractivity contribution in [3.05, 3.63) is 38.7 Å². The van der Waals surface area contributed by atoms with Crippen molar-refractivity contribution in [2.75, 3.05) is 11.5 Å². The Hall–Kier alpha value is -2.49. The summed E-state index contributed by atoms with van der Waals surface area (Å²) in [6.45, 7) is 1.67. The minimum atomic E-state index is -3.16. The van der Waals surface area contributed by atoms with Gasteiger partial charge in [-0.2, -0.15) is 0 Å². The van der Waals surface area contributed by atoms with Crippen LogP contribution in [0.2, 0.25) is 0 Å². The average Bonchev–Trinajstić information content (AvgIpc) is 2.83. The molecule has 0 unspecified atom stereocenters. The highest BCUT2D eigenvalue weighted by molar-refractivity contribution is 7.91. The summed E-state index contributed by atoms with van der Waals surface area (Å²) in [7, 11) is -0.325. The van der Waals surface area contributed by atoms with Crippen LogP contribution in [-0.4, -0.2) is 45.5 Å². The first-order valence-corrected chi connectivity index (χ1v) is 9.44. The Balaban J connectivity index is 2.01. The third-order valence-electron chi connectivity index (χ3n) is 4.47. The topological polar surface area (TPSA) is 120 Å². The van der Waals surface area contributed by atoms with E-state index in [1.165, 1.54) is 30.9 Å². The van der Waals surface area contributed by atoms with Gasteiger partial charge < -0.3 is 5.32 Å². The molecular formula is C15H18N4O5S. The number of rotatable bonds is 2. The summed E-state index contributed by atoms with van der Waals surface area (Å²) >= 11 is 0. The Kier molecular flexibility index (Phi) is 3.82. The summed E-state index contributed by atoms with van der Waals surface area (Å²) < 4.78 is 25.5. The molecule has 0 bridgehead atoms. The van der Waals surface area contributed by atoms with Crippen molar-refractivity contribution in [3.63, 3.8) is 0 Å². The molecule has 1 N–H and O–H groups in total. The average molecular weight is 366 g/mol. The fraction of sp³-hybridized carbons (Fsp3) is 0.467. The Morgan fingerprint density at radius 2 is 1.96 bits per heavy atom. The Morgan fingerprint density at radius 1 is 1.28 bits per heavy atom. The molecular weight excluding hydrogens is 348 g/mol. The molecule has 9 nitrogen and oxygen atoms in total. The molecule has 1 aliphatic heterocycles. The van der Waals surface area contributed by atoms with Crippen molar-refractivity contribution in [1.82, 2.24) is 19.4 Å². The third kappa shape index (κ3) is 2.97. The van der Waals surface area contributed by atoms with Crippen molar-refractivity contribution >= 4 is 26.8 Å². The Labute approximate surface area is 143 Å². The van der Waals surface area contributed by atoms with Crippen LogP contribution >= 0.6 is 0 Å². The molecule has 1 atom stereocenters. The van der Waals surface area contributed by atoms with Gasteiger partial charge in [0.05, 0.1) is 28.0 Å². The highest BCUT2D eigenvalue weighted by Crippen LogP contribution is 2.23. The number of amides is 1. The molecule has 3 rings (SSSR count). The molecule has 10 heteroatoms. The standard InChI is InChI=1S/C15H18N4O5S/c1-15(4-5-25(23,24)8-15)17-12(20)9-6-10-11(16-7-9)18(2)14(22)19(3)13(10)21/h6-7H,4-5,8H2,1-3H3,(H,17,20)/t15-/m1/s1. The van der Waals surface area contributed by atoms with Gasteiger partial charge in [0.25, 0.3) is 11.5 Å². The van der Waals surface area contributed by atoms with Crippen molar-refractivity contribution in [2.24, 2.45) is 14.1 Å². The second-order valence-corrected chi connectivity index (χ2v) is 8.84. The molecule has 3 heterocycles. The first kappa shape index (κ1) is 17.3. The summed E-state index contributed by atoms with van der Waals surface area (Å²) in [5.41, 5.74) is -1.59. The van der Waals surface area contributed by atoms with Crippen LogP contribution in [0.3, 0.4) is 0 Å². The maximum atomic E-state index is 12.5. The molecule has 0 spiro atoms. The van der Waals surface area contributed by atoms with E-state index in [1.807, 2.05) is 0 Å². The molecule has 0 radical (unpaired) electrons. The molecule has 0 saturated carbocycles. The number of hydrogen-bond donors (Lipinski definition) is 1. The molecule has 1 fully saturated rings. The van der Waals surface area contributed by atoms with E-state index in [4.69, 9.17) is 0 Å². The van der Waals surface area contributed by atoms with Gasteiger partial charge in [0.1, 0.15) is 5.65 Å². The van der Waals surface area contributed by atoms with Crippen molar-refractivity contribution in [3.8, 4) is 0 Å². The quantitative estimate of drug-likeness (QED) is 0.723. The van der Waals surface area contributed by atoms with E-state index in [9.17, 15) is 22.8 Å². The van der Waals surface area contributed by atoms with Crippen molar-refractivity contribution in [1.29, 1.82) is 0 Å². The van der Waals surface area contributed by atoms with E-state index in [1.54, 1.807) is 6.92 Å². The second-order valence-electron chi connectivity index (χ2n) is 6.66. The van der Waals surface area contributed by atoms with E-state index in [2.05, 4.69) is 10.3 Å². The van der Waals surface area contributed by atoms with Gasteiger partial charge >= 0.3 is 5.69 Å². The number of sulfone groups is 1. The summed E-state index contributed by atoms with van der Waals surface area (Å²) in [5.74, 6) is -0.601. The zero-order chi connectivity index (χ0) is 18.6. The van der Waals surface area contributed by atoms with E-state index in [-0.39, 0.29) is 28.1 Å². The van der Waals surface area contributed by atoms with Gasteiger partial charge in [0, 0.05) is 20.3 Å². The van der Waals surface area contributed by atoms with Crippen LogP contribution in [0.4, 0.5) is 0 Å². The molecule has 1 saturated heterocycles. The maximum Gasteiger partial charge on any atom is 0.332 e. The van der Waals surface area contributed by atoms with Gasteiger partial charge in [0.2, 0.25) is 0 Å². The third-order valence-corrected chi connectivity index (χ3v) is 6.38. The smallest absolute Gasteiger partial charge is 0.332 e. The minimum absolute atomic E-state index is 0.0302. The predicted molar refractivity (Wildman–Crippen MR) is 91.4 cm³/mol. The van der Waals surface area contributed by atoms with Gasteiger partial charge in [-0.3, -0.25) is 18.7 Å². The van der Waals surface area contributed by atoms with Crippen molar-refractivity contribution in [2.45, 2.75) is 18.9 Å². The fourth-order valence-corrected chi connectivity index (χ4v) is 5.14. The molecule has 0 aliphatic carbocycles. The monoisotopic (exact) mass is 366 g/mol. The molecule has 0 aromatic carbocycles. The number of carbonyl (C=O) groups is 1. The summed E-state index contributed by atoms with van der Waals surface area (Å²) in [6, 6.07) is 1.37. The Bertz CT molecular complexity index is 1120. The molecule has 1 amide bonds. The maximum absolute atomic E-state index is 12.5. The normalized spacial score (nSPS) is 22.2. The number of aryl methyl sites for hydroxylation is 1. The zero-order valence-corrected chi connectivity index (χ0v) is 14.9. The van der Waals surface area contributed by atoms with Crippen LogP contribution in [0.15, 0.2) is 21.9 Å². The number of fused-ring (bicyclic) bond motifs is 1. The predicted octanol–water partition coefficient (Wildman–Crippen LogP) is -1.06. The lowest BCUT2D eigenvalue weighted by Crippen LogP contribution is -2.47. The highest BCUT2D eigenvalue weighted by Gasteiger charge is 2.39. The molecule has 2 aromatic rings. The van der Waals surface area contributed by atoms with Gasteiger partial charge in [0.15, 0.2) is 9.84 Å². The number of pyridine rings is 1. The number of hydrogen-bond acceptors (Lipinski definition) is 6. The van der Waals surface area contributed by atoms with Crippen LogP contribution in [0.25, 0.3) is 11.0 Å². The lowest BCUT2D eigenvalue weighted by molar-refractivity contribution is 0.0915.